The third-order valence-electron chi connectivity index (χ3n) is 4.58. The van der Waals surface area contributed by atoms with E-state index in [-0.39, 0.29) is 24.6 Å². The maximum absolute atomic E-state index is 12.0. The van der Waals surface area contributed by atoms with Crippen LogP contribution in [0.4, 0.5) is 10.5 Å². The van der Waals surface area contributed by atoms with Crippen LogP contribution in [0.25, 0.3) is 0 Å². The van der Waals surface area contributed by atoms with Crippen molar-refractivity contribution in [1.82, 2.24) is 10.3 Å². The molecular weight excluding hydrogens is 322 g/mol. The van der Waals surface area contributed by atoms with E-state index in [4.69, 9.17) is 0 Å². The molecular formula is C14H18BrN3O2. The zero-order valence-electron chi connectivity index (χ0n) is 11.1. The maximum atomic E-state index is 12.0. The summed E-state index contributed by atoms with van der Waals surface area (Å²) in [6.45, 7) is 0.159. The number of halogens is 1. The summed E-state index contributed by atoms with van der Waals surface area (Å²) in [6.07, 6.45) is 5.09. The fraction of sp³-hybridized carbons (Fsp3) is 0.571. The van der Waals surface area contributed by atoms with E-state index in [1.165, 1.54) is 6.42 Å². The minimum atomic E-state index is -0.217. The molecule has 6 heteroatoms. The smallest absolute Gasteiger partial charge is 0.319 e. The van der Waals surface area contributed by atoms with Gasteiger partial charge in [0.25, 0.3) is 0 Å². The molecule has 1 aromatic heterocycles. The van der Waals surface area contributed by atoms with Gasteiger partial charge < -0.3 is 15.7 Å². The number of nitrogens with one attached hydrogen (secondary N) is 2. The third-order valence-corrected chi connectivity index (χ3v) is 5.05. The summed E-state index contributed by atoms with van der Waals surface area (Å²) in [6, 6.07) is 3.46. The number of aliphatic hydroxyl groups is 1. The Morgan fingerprint density at radius 3 is 2.90 bits per heavy atom. The summed E-state index contributed by atoms with van der Waals surface area (Å²) >= 11 is 3.25. The van der Waals surface area contributed by atoms with E-state index in [1.807, 2.05) is 0 Å². The summed E-state index contributed by atoms with van der Waals surface area (Å²) in [5.74, 6) is 1.30. The number of pyridine rings is 1. The van der Waals surface area contributed by atoms with Crippen LogP contribution < -0.4 is 10.6 Å². The van der Waals surface area contributed by atoms with Crippen LogP contribution in [0.2, 0.25) is 0 Å². The normalized spacial score (nSPS) is 31.3. The van der Waals surface area contributed by atoms with Crippen LogP contribution in [0, 0.1) is 17.8 Å². The number of carbonyl (C=O) groups is 1. The van der Waals surface area contributed by atoms with Crippen molar-refractivity contribution < 1.29 is 9.90 Å². The highest BCUT2D eigenvalue weighted by Crippen LogP contribution is 2.48. The Morgan fingerprint density at radius 1 is 1.40 bits per heavy atom. The molecule has 2 saturated carbocycles. The van der Waals surface area contributed by atoms with Crippen molar-refractivity contribution in [3.05, 3.63) is 22.9 Å². The van der Waals surface area contributed by atoms with Crippen molar-refractivity contribution in [3.63, 3.8) is 0 Å². The first-order valence-electron chi connectivity index (χ1n) is 6.97. The quantitative estimate of drug-likeness (QED) is 0.740. The first kappa shape index (κ1) is 13.8. The number of hydrogen-bond acceptors (Lipinski definition) is 3. The molecule has 3 rings (SSSR count). The number of aliphatic hydroxyl groups excluding tert-OH is 1. The number of urea groups is 1. The van der Waals surface area contributed by atoms with E-state index in [0.29, 0.717) is 17.5 Å². The Labute approximate surface area is 126 Å². The van der Waals surface area contributed by atoms with Gasteiger partial charge in [0, 0.05) is 18.6 Å². The van der Waals surface area contributed by atoms with Gasteiger partial charge in [-0.15, -0.1) is 0 Å². The summed E-state index contributed by atoms with van der Waals surface area (Å²) in [5.41, 5.74) is 0.661. The molecule has 1 heterocycles. The van der Waals surface area contributed by atoms with E-state index in [1.54, 1.807) is 18.3 Å². The van der Waals surface area contributed by atoms with Crippen LogP contribution in [0.3, 0.4) is 0 Å². The molecule has 4 unspecified atom stereocenters. The zero-order valence-corrected chi connectivity index (χ0v) is 12.6. The van der Waals surface area contributed by atoms with Crippen LogP contribution in [0.5, 0.6) is 0 Å². The fourth-order valence-corrected chi connectivity index (χ4v) is 3.90. The van der Waals surface area contributed by atoms with Gasteiger partial charge in [-0.3, -0.25) is 0 Å². The predicted molar refractivity (Wildman–Crippen MR) is 79.3 cm³/mol. The molecule has 20 heavy (non-hydrogen) atoms. The number of rotatable bonds is 3. The molecule has 0 saturated heterocycles. The van der Waals surface area contributed by atoms with Crippen molar-refractivity contribution >= 4 is 27.6 Å². The van der Waals surface area contributed by atoms with Gasteiger partial charge in [0.05, 0.1) is 11.9 Å². The molecule has 0 aromatic carbocycles. The first-order chi connectivity index (χ1) is 9.67. The van der Waals surface area contributed by atoms with E-state index in [0.717, 1.165) is 17.4 Å². The molecule has 2 aliphatic rings. The number of anilines is 1. The number of nitrogens with zero attached hydrogens (tertiary/aromatic N) is 1. The standard InChI is InChI=1S/C14H18BrN3O2/c15-12-4-3-10(6-16-12)17-14(20)18-13-9-2-1-8(5-9)11(13)7-19/h3-4,6,8-9,11,13,19H,1-2,5,7H2,(H2,17,18,20). The van der Waals surface area contributed by atoms with Crippen molar-refractivity contribution in [3.8, 4) is 0 Å². The van der Waals surface area contributed by atoms with Gasteiger partial charge in [-0.1, -0.05) is 0 Å². The molecule has 2 fully saturated rings. The number of hydrogen-bond donors (Lipinski definition) is 3. The van der Waals surface area contributed by atoms with E-state index in [2.05, 4.69) is 31.5 Å². The Hall–Kier alpha value is -1.14. The monoisotopic (exact) mass is 339 g/mol. The van der Waals surface area contributed by atoms with Crippen molar-refractivity contribution in [2.75, 3.05) is 11.9 Å². The lowest BCUT2D eigenvalue weighted by molar-refractivity contribution is 0.146. The summed E-state index contributed by atoms with van der Waals surface area (Å²) < 4.78 is 0.733. The van der Waals surface area contributed by atoms with Crippen LogP contribution in [0.1, 0.15) is 19.3 Å². The highest BCUT2D eigenvalue weighted by Gasteiger charge is 2.47. The van der Waals surface area contributed by atoms with Crippen LogP contribution in [-0.4, -0.2) is 28.8 Å². The molecule has 2 aliphatic carbocycles. The van der Waals surface area contributed by atoms with Gasteiger partial charge in [0.1, 0.15) is 4.60 Å². The topological polar surface area (TPSA) is 74.2 Å². The molecule has 3 N–H and O–H groups in total. The summed E-state index contributed by atoms with van der Waals surface area (Å²) in [5, 5.41) is 15.3. The van der Waals surface area contributed by atoms with E-state index in [9.17, 15) is 9.90 Å². The highest BCUT2D eigenvalue weighted by atomic mass is 79.9. The van der Waals surface area contributed by atoms with E-state index < -0.39 is 0 Å². The van der Waals surface area contributed by atoms with Gasteiger partial charge in [0.15, 0.2) is 0 Å². The second-order valence-electron chi connectivity index (χ2n) is 5.67. The Balaban J connectivity index is 1.60. The minimum absolute atomic E-state index is 0.0992. The average molecular weight is 340 g/mol. The van der Waals surface area contributed by atoms with Gasteiger partial charge in [-0.05, 0) is 59.2 Å². The lowest BCUT2D eigenvalue weighted by atomic mass is 9.85. The molecule has 5 nitrogen and oxygen atoms in total. The lowest BCUT2D eigenvalue weighted by Crippen LogP contribution is -2.46. The maximum Gasteiger partial charge on any atom is 0.319 e. The second-order valence-corrected chi connectivity index (χ2v) is 6.49. The average Bonchev–Trinajstić information content (AvgIpc) is 3.02. The van der Waals surface area contributed by atoms with Gasteiger partial charge in [-0.2, -0.15) is 0 Å². The highest BCUT2D eigenvalue weighted by molar-refractivity contribution is 9.10. The largest absolute Gasteiger partial charge is 0.396 e. The van der Waals surface area contributed by atoms with Crippen molar-refractivity contribution in [2.45, 2.75) is 25.3 Å². The number of aromatic nitrogens is 1. The predicted octanol–water partition coefficient (Wildman–Crippen LogP) is 2.37. The first-order valence-corrected chi connectivity index (χ1v) is 7.76. The summed E-state index contributed by atoms with van der Waals surface area (Å²) in [4.78, 5) is 16.1. The minimum Gasteiger partial charge on any atom is -0.396 e. The molecule has 108 valence electrons. The molecule has 2 amide bonds. The molecule has 0 radical (unpaired) electrons. The Kier molecular flexibility index (Phi) is 3.94. The molecule has 4 atom stereocenters. The Morgan fingerprint density at radius 2 is 2.20 bits per heavy atom. The summed E-state index contributed by atoms with van der Waals surface area (Å²) in [7, 11) is 0. The third kappa shape index (κ3) is 2.67. The molecule has 2 bridgehead atoms. The Bertz CT molecular complexity index is 494. The second kappa shape index (κ2) is 5.69. The van der Waals surface area contributed by atoms with Crippen LogP contribution in [0.15, 0.2) is 22.9 Å². The molecule has 0 aliphatic heterocycles. The van der Waals surface area contributed by atoms with Gasteiger partial charge >= 0.3 is 6.03 Å². The fourth-order valence-electron chi connectivity index (χ4n) is 3.67. The van der Waals surface area contributed by atoms with Crippen LogP contribution in [-0.2, 0) is 0 Å². The molecule has 0 spiro atoms. The number of amides is 2. The van der Waals surface area contributed by atoms with Gasteiger partial charge in [0.2, 0.25) is 0 Å². The number of carbonyl (C=O) groups excluding carboxylic acids is 1. The number of fused-ring (bicyclic) bond motifs is 2. The molecule has 1 aromatic rings. The van der Waals surface area contributed by atoms with E-state index >= 15 is 0 Å². The van der Waals surface area contributed by atoms with Crippen molar-refractivity contribution in [1.29, 1.82) is 0 Å². The van der Waals surface area contributed by atoms with Crippen molar-refractivity contribution in [2.24, 2.45) is 17.8 Å². The van der Waals surface area contributed by atoms with Crippen LogP contribution >= 0.6 is 15.9 Å². The lowest BCUT2D eigenvalue weighted by Gasteiger charge is -2.30. The van der Waals surface area contributed by atoms with Gasteiger partial charge in [-0.25, -0.2) is 9.78 Å². The SMILES string of the molecule is O=C(Nc1ccc(Br)nc1)NC1C2CCC(C2)C1CO. The zero-order chi connectivity index (χ0) is 14.1.